The number of aliphatic hydroxyl groups is 7. The van der Waals surface area contributed by atoms with Gasteiger partial charge in [0.25, 0.3) is 0 Å². The molecule has 390 valence electrons. The number of aliphatic hydroxyl groups excluding tert-OH is 5. The summed E-state index contributed by atoms with van der Waals surface area (Å²) in [6, 6.07) is 5.36. The van der Waals surface area contributed by atoms with Gasteiger partial charge in [0.2, 0.25) is 5.91 Å². The Hall–Kier alpha value is -1.98. The molecule has 1 aromatic carbocycles. The maximum atomic E-state index is 16.1. The third-order valence-corrected chi connectivity index (χ3v) is 26.3. The van der Waals surface area contributed by atoms with Crippen molar-refractivity contribution in [3.8, 4) is 5.75 Å². The van der Waals surface area contributed by atoms with E-state index in [0.29, 0.717) is 100.0 Å². The van der Waals surface area contributed by atoms with Crippen molar-refractivity contribution >= 4 is 39.0 Å². The molecule has 8 N–H and O–H groups in total. The van der Waals surface area contributed by atoms with E-state index in [1.54, 1.807) is 23.1 Å². The monoisotopic (exact) mass is 1020 g/mol. The predicted molar refractivity (Wildman–Crippen MR) is 272 cm³/mol. The highest BCUT2D eigenvalue weighted by atomic mass is 33.1. The van der Waals surface area contributed by atoms with Crippen molar-refractivity contribution in [2.24, 2.45) is 73.9 Å². The number of carbonyl (C=O) groups is 2. The molecule has 14 heteroatoms. The van der Waals surface area contributed by atoms with Crippen molar-refractivity contribution in [1.29, 1.82) is 0 Å². The first-order valence-corrected chi connectivity index (χ1v) is 30.0. The molecule has 8 bridgehead atoms. The molecular weight excluding hydrogens is 939 g/mol. The normalized spacial score (nSPS) is 50.1. The third kappa shape index (κ3) is 6.07. The van der Waals surface area contributed by atoms with Crippen molar-refractivity contribution in [2.45, 2.75) is 184 Å². The third-order valence-electron chi connectivity index (χ3n) is 23.7. The molecule has 19 unspecified atom stereocenters. The SMILES string of the molecule is CC(C)C(C)C1OC1C1(O)CC=CC2CC3C4=CC(=O)C5(CC(O)C(O)C6(CCCC6)C35C)C(O)SSCC3CCCC(CO)C35C(=O)N(CC53CCCC3O)c3cc(O)cc(c3)CCC23C1CCC43O. The minimum atomic E-state index is -1.61. The standard InChI is InChI=1S/C57H79NO11S2/c1-31(2)32(3)45-47(69-45)55(67)19-8-12-34-24-39-40-26-44(63)54(27-41(61)46(64)51(50(39,54)4)16-5-6-17-51)49(66)71-70-29-36-11-7-10-35(28-59)57(36)48(65)58(30-52(57)18-9-13-43(52)62)37-22-33(23-38(60)25-37)14-20-53(34)42(55)15-21-56(40,53)68/h8,12,22-23,25-26,31-32,34-36,39,41-43,45-47,49,59-62,64,66-68H,5-7,9-11,13-21,24,27-30H2,1-4H3. The quantitative estimate of drug-likeness (QED) is 0.0868. The Kier molecular flexibility index (Phi) is 11.8. The number of ether oxygens (including phenoxy) is 1. The van der Waals surface area contributed by atoms with E-state index in [2.05, 4.69) is 39.8 Å². The largest absolute Gasteiger partial charge is 0.508 e. The summed E-state index contributed by atoms with van der Waals surface area (Å²) >= 11 is 0. The lowest BCUT2D eigenvalue weighted by molar-refractivity contribution is -0.262. The van der Waals surface area contributed by atoms with Crippen LogP contribution < -0.4 is 4.90 Å². The van der Waals surface area contributed by atoms with Crippen molar-refractivity contribution in [2.75, 3.05) is 23.8 Å². The number of aromatic hydroxyl groups is 1. The van der Waals surface area contributed by atoms with Gasteiger partial charge in [-0.2, -0.15) is 0 Å². The Balaban J connectivity index is 1.08. The van der Waals surface area contributed by atoms with Gasteiger partial charge in [0.15, 0.2) is 5.78 Å². The molecule has 0 radical (unpaired) electrons. The summed E-state index contributed by atoms with van der Waals surface area (Å²) in [5, 5.41) is 101. The van der Waals surface area contributed by atoms with Gasteiger partial charge in [0.1, 0.15) is 22.9 Å². The van der Waals surface area contributed by atoms with Crippen molar-refractivity contribution in [3.05, 3.63) is 47.6 Å². The van der Waals surface area contributed by atoms with Crippen molar-refractivity contribution in [1.82, 2.24) is 0 Å². The minimum Gasteiger partial charge on any atom is -0.508 e. The number of allylic oxidation sites excluding steroid dienone is 2. The molecule has 1 aromatic rings. The van der Waals surface area contributed by atoms with Gasteiger partial charge in [-0.1, -0.05) is 87.1 Å². The molecule has 71 heavy (non-hydrogen) atoms. The lowest BCUT2D eigenvalue weighted by Gasteiger charge is -2.72. The van der Waals surface area contributed by atoms with E-state index in [9.17, 15) is 40.9 Å². The maximum absolute atomic E-state index is 16.1. The van der Waals surface area contributed by atoms with Gasteiger partial charge >= 0.3 is 0 Å². The number of epoxide rings is 1. The number of anilines is 1. The highest BCUT2D eigenvalue weighted by Crippen LogP contribution is 2.80. The fourth-order valence-electron chi connectivity index (χ4n) is 20.2. The summed E-state index contributed by atoms with van der Waals surface area (Å²) in [6.07, 6.45) is 10.9. The molecule has 6 saturated carbocycles. The molecule has 2 saturated heterocycles. The van der Waals surface area contributed by atoms with Gasteiger partial charge in [0, 0.05) is 52.8 Å². The molecule has 5 heterocycles. The second-order valence-corrected chi connectivity index (χ2v) is 28.3. The second-order valence-electron chi connectivity index (χ2n) is 25.8. The Morgan fingerprint density at radius 2 is 1.66 bits per heavy atom. The van der Waals surface area contributed by atoms with E-state index in [4.69, 9.17) is 4.74 Å². The van der Waals surface area contributed by atoms with Gasteiger partial charge < -0.3 is 50.5 Å². The minimum absolute atomic E-state index is 0.00336. The Morgan fingerprint density at radius 1 is 0.901 bits per heavy atom. The Bertz CT molecular complexity index is 2410. The first kappa shape index (κ1) is 49.9. The average molecular weight is 1020 g/mol. The van der Waals surface area contributed by atoms with E-state index >= 15 is 9.59 Å². The van der Waals surface area contributed by atoms with E-state index in [1.165, 1.54) is 21.6 Å². The number of benzene rings is 1. The second kappa shape index (κ2) is 16.8. The first-order chi connectivity index (χ1) is 33.8. The van der Waals surface area contributed by atoms with Crippen LogP contribution in [0.15, 0.2) is 42.0 Å². The summed E-state index contributed by atoms with van der Waals surface area (Å²) in [7, 11) is 2.64. The number of phenolic OH excluding ortho intramolecular Hbond substituents is 1. The molecule has 12 nitrogen and oxygen atoms in total. The molecule has 1 amide bonds. The molecule has 8 fully saturated rings. The zero-order valence-electron chi connectivity index (χ0n) is 42.2. The van der Waals surface area contributed by atoms with Crippen molar-refractivity contribution < 1.29 is 55.2 Å². The van der Waals surface area contributed by atoms with Gasteiger partial charge in [0.05, 0.1) is 40.8 Å². The van der Waals surface area contributed by atoms with Crippen LogP contribution in [0.3, 0.4) is 0 Å². The zero-order chi connectivity index (χ0) is 50.1. The number of hydrogen-bond acceptors (Lipinski definition) is 13. The number of amides is 1. The molecule has 19 atom stereocenters. The number of hydrogen-bond donors (Lipinski definition) is 8. The van der Waals surface area contributed by atoms with E-state index in [0.717, 1.165) is 31.2 Å². The van der Waals surface area contributed by atoms with Crippen LogP contribution in [0.1, 0.15) is 136 Å². The number of rotatable bonds is 4. The lowest BCUT2D eigenvalue weighted by Crippen LogP contribution is -2.75. The van der Waals surface area contributed by atoms with Crippen LogP contribution in [0.25, 0.3) is 0 Å². The number of fused-ring (bicyclic) bond motifs is 1. The summed E-state index contributed by atoms with van der Waals surface area (Å²) < 4.78 is 6.56. The van der Waals surface area contributed by atoms with Gasteiger partial charge in [-0.25, -0.2) is 0 Å². The topological polar surface area (TPSA) is 212 Å². The smallest absolute Gasteiger partial charge is 0.234 e. The Morgan fingerprint density at radius 3 is 2.38 bits per heavy atom. The fraction of sp³-hybridized carbons (Fsp3) is 0.789. The first-order valence-electron chi connectivity index (χ1n) is 27.6. The zero-order valence-corrected chi connectivity index (χ0v) is 43.8. The Labute approximate surface area is 427 Å². The van der Waals surface area contributed by atoms with Crippen LogP contribution in [0.4, 0.5) is 5.69 Å². The van der Waals surface area contributed by atoms with Crippen LogP contribution in [0.5, 0.6) is 5.75 Å². The predicted octanol–water partition coefficient (Wildman–Crippen LogP) is 7.01. The summed E-state index contributed by atoms with van der Waals surface area (Å²) in [5.74, 6) is -1.58. The van der Waals surface area contributed by atoms with Crippen LogP contribution in [-0.4, -0.2) is 119 Å². The molecule has 8 aliphatic carbocycles. The lowest BCUT2D eigenvalue weighted by atomic mass is 9.33. The number of phenols is 1. The van der Waals surface area contributed by atoms with Gasteiger partial charge in [-0.3, -0.25) is 9.59 Å². The summed E-state index contributed by atoms with van der Waals surface area (Å²) in [5.41, 5.74) is -9.10. The van der Waals surface area contributed by atoms with Gasteiger partial charge in [-0.05, 0) is 154 Å². The molecule has 5 aliphatic heterocycles. The van der Waals surface area contributed by atoms with E-state index < -0.39 is 91.3 Å². The highest BCUT2D eigenvalue weighted by molar-refractivity contribution is 8.76. The number of carbonyl (C=O) groups excluding carboxylic acids is 2. The fourth-order valence-corrected chi connectivity index (χ4v) is 23.3. The maximum Gasteiger partial charge on any atom is 0.234 e. The van der Waals surface area contributed by atoms with E-state index in [-0.39, 0.29) is 60.9 Å². The van der Waals surface area contributed by atoms with Crippen molar-refractivity contribution in [3.63, 3.8) is 0 Å². The molecule has 14 rings (SSSR count). The van der Waals surface area contributed by atoms with Crippen LogP contribution >= 0.6 is 21.6 Å². The average Bonchev–Trinajstić information content (AvgIpc) is 3.55. The molecule has 5 spiro atoms. The molecule has 0 aromatic heterocycles. The number of ketones is 1. The summed E-state index contributed by atoms with van der Waals surface area (Å²) in [6.45, 7) is 8.63. The van der Waals surface area contributed by atoms with Crippen LogP contribution in [0, 0.1) is 73.9 Å². The van der Waals surface area contributed by atoms with Crippen LogP contribution in [0.2, 0.25) is 0 Å². The van der Waals surface area contributed by atoms with Crippen LogP contribution in [-0.2, 0) is 20.7 Å². The molecule has 13 aliphatic rings. The van der Waals surface area contributed by atoms with E-state index in [1.807, 2.05) is 6.07 Å². The number of aryl methyl sites for hydroxylation is 1. The van der Waals surface area contributed by atoms with Gasteiger partial charge in [-0.15, -0.1) is 0 Å². The molecular formula is C57H79NO11S2. The number of nitrogens with zero attached hydrogens (tertiary/aromatic N) is 1. The highest BCUT2D eigenvalue weighted by Gasteiger charge is 2.82. The summed E-state index contributed by atoms with van der Waals surface area (Å²) in [4.78, 5) is 33.8.